The quantitative estimate of drug-likeness (QED) is 0.529. The second kappa shape index (κ2) is 10.8. The predicted molar refractivity (Wildman–Crippen MR) is 126 cm³/mol. The number of benzene rings is 2. The summed E-state index contributed by atoms with van der Waals surface area (Å²) < 4.78 is 28.1. The van der Waals surface area contributed by atoms with Gasteiger partial charge in [-0.3, -0.25) is 4.79 Å². The van der Waals surface area contributed by atoms with Crippen molar-refractivity contribution in [2.75, 3.05) is 45.5 Å². The smallest absolute Gasteiger partial charge is 0.227 e. The maximum Gasteiger partial charge on any atom is 0.227 e. The number of nitrogens with zero attached hydrogens (tertiary/aromatic N) is 2. The highest BCUT2D eigenvalue weighted by Crippen LogP contribution is 2.27. The van der Waals surface area contributed by atoms with Gasteiger partial charge in [0.05, 0.1) is 31.5 Å². The third-order valence-corrected chi connectivity index (χ3v) is 6.14. The van der Waals surface area contributed by atoms with E-state index < -0.39 is 10.0 Å². The van der Waals surface area contributed by atoms with Crippen LogP contribution in [-0.4, -0.2) is 64.2 Å². The zero-order valence-corrected chi connectivity index (χ0v) is 19.7. The van der Waals surface area contributed by atoms with Crippen LogP contribution in [0.5, 0.6) is 5.75 Å². The number of hydrogen-bond acceptors (Lipinski definition) is 6. The number of likely N-dealkylation sites (tertiary alicyclic amines) is 1. The Morgan fingerprint density at radius 1 is 1.16 bits per heavy atom. The Bertz CT molecular complexity index is 1010. The topological polar surface area (TPSA) is 91.0 Å². The van der Waals surface area contributed by atoms with E-state index in [0.717, 1.165) is 37.0 Å². The first-order chi connectivity index (χ1) is 15.3. The molecular weight excluding hydrogens is 428 g/mol. The fourth-order valence-electron chi connectivity index (χ4n) is 3.92. The summed E-state index contributed by atoms with van der Waals surface area (Å²) in [5, 5.41) is 0. The number of hydrogen-bond donors (Lipinski definition) is 2. The molecule has 0 aromatic heterocycles. The molecule has 1 aliphatic rings. The van der Waals surface area contributed by atoms with Crippen molar-refractivity contribution in [1.29, 1.82) is 0 Å². The van der Waals surface area contributed by atoms with Crippen molar-refractivity contribution in [2.24, 2.45) is 0 Å². The number of methoxy groups -OCH3 is 1. The minimum absolute atomic E-state index is 0.00904. The van der Waals surface area contributed by atoms with Crippen molar-refractivity contribution in [1.82, 2.24) is 14.6 Å². The van der Waals surface area contributed by atoms with Crippen molar-refractivity contribution >= 4 is 21.6 Å². The van der Waals surface area contributed by atoms with Gasteiger partial charge in [-0.2, -0.15) is 0 Å². The molecule has 1 heterocycles. The summed E-state index contributed by atoms with van der Waals surface area (Å²) in [4.78, 5) is 19.7. The molecule has 0 aliphatic carbocycles. The molecule has 1 atom stereocenters. The number of ether oxygens (including phenoxy) is 1. The molecule has 0 saturated carbocycles. The summed E-state index contributed by atoms with van der Waals surface area (Å²) in [7, 11) is -0.0931. The van der Waals surface area contributed by atoms with Gasteiger partial charge in [0.25, 0.3) is 0 Å². The largest absolute Gasteiger partial charge is 0.495 e. The van der Waals surface area contributed by atoms with Crippen molar-refractivity contribution in [3.8, 4) is 5.75 Å². The molecule has 2 aromatic rings. The van der Waals surface area contributed by atoms with E-state index >= 15 is 0 Å². The van der Waals surface area contributed by atoms with Gasteiger partial charge in [-0.1, -0.05) is 36.4 Å². The number of nitrogens with one attached hydrogen (secondary N) is 2. The average Bonchev–Trinajstić information content (AvgIpc) is 3.29. The predicted octanol–water partition coefficient (Wildman–Crippen LogP) is 2.41. The third-order valence-electron chi connectivity index (χ3n) is 5.67. The van der Waals surface area contributed by atoms with Crippen LogP contribution in [0.3, 0.4) is 0 Å². The Kier molecular flexibility index (Phi) is 8.11. The normalized spacial score (nSPS) is 15.3. The Hall–Kier alpha value is -2.62. The van der Waals surface area contributed by atoms with Crippen LogP contribution in [0, 0.1) is 0 Å². The highest BCUT2D eigenvalue weighted by molar-refractivity contribution is 7.88. The number of hydrazine groups is 1. The molecule has 0 unspecified atom stereocenters. The summed E-state index contributed by atoms with van der Waals surface area (Å²) in [6, 6.07) is 15.3. The van der Waals surface area contributed by atoms with E-state index in [-0.39, 0.29) is 18.4 Å². The molecule has 174 valence electrons. The number of amides is 1. The summed E-state index contributed by atoms with van der Waals surface area (Å²) in [5.74, 6) is 0.465. The zero-order chi connectivity index (χ0) is 23.1. The van der Waals surface area contributed by atoms with Crippen molar-refractivity contribution < 1.29 is 17.9 Å². The van der Waals surface area contributed by atoms with Gasteiger partial charge >= 0.3 is 0 Å². The van der Waals surface area contributed by atoms with Crippen LogP contribution < -0.4 is 15.0 Å². The molecule has 0 bridgehead atoms. The Morgan fingerprint density at radius 3 is 2.47 bits per heavy atom. The van der Waals surface area contributed by atoms with Crippen LogP contribution >= 0.6 is 0 Å². The molecule has 1 aliphatic heterocycles. The number of likely N-dealkylation sites (N-methyl/N-ethyl adjacent to an activating group) is 1. The van der Waals surface area contributed by atoms with Gasteiger partial charge in [0.2, 0.25) is 15.9 Å². The Labute approximate surface area is 190 Å². The standard InChI is InChI=1S/C23H32N4O4S/c1-26(21(17-27-13-7-8-14-27)19-9-5-4-6-10-19)23(28)16-18-11-12-22(31-2)20(15-18)24-25-32(3,29)30/h4-6,9-12,15,21,24-25H,7-8,13-14,16-17H2,1-3H3/t21-/m1/s1. The highest BCUT2D eigenvalue weighted by Gasteiger charge is 2.25. The average molecular weight is 461 g/mol. The number of sulfonamides is 1. The van der Waals surface area contributed by atoms with Crippen LogP contribution in [0.4, 0.5) is 5.69 Å². The monoisotopic (exact) mass is 460 g/mol. The SMILES string of the molecule is COc1ccc(CC(=O)N(C)[C@H](CN2CCCC2)c2ccccc2)cc1NNS(C)(=O)=O. The summed E-state index contributed by atoms with van der Waals surface area (Å²) in [6.07, 6.45) is 3.64. The first-order valence-corrected chi connectivity index (χ1v) is 12.6. The molecular formula is C23H32N4O4S. The minimum atomic E-state index is -3.45. The number of anilines is 1. The first-order valence-electron chi connectivity index (χ1n) is 10.7. The molecule has 1 fully saturated rings. The number of rotatable bonds is 10. The first kappa shape index (κ1) is 24.0. The summed E-state index contributed by atoms with van der Waals surface area (Å²) in [5.41, 5.74) is 4.97. The van der Waals surface area contributed by atoms with Gasteiger partial charge in [0.15, 0.2) is 0 Å². The lowest BCUT2D eigenvalue weighted by atomic mass is 10.0. The fraction of sp³-hybridized carbons (Fsp3) is 0.435. The van der Waals surface area contributed by atoms with Crippen LogP contribution in [0.1, 0.15) is 30.0 Å². The molecule has 8 nitrogen and oxygen atoms in total. The summed E-state index contributed by atoms with van der Waals surface area (Å²) >= 11 is 0. The van der Waals surface area contributed by atoms with Crippen molar-refractivity contribution in [2.45, 2.75) is 25.3 Å². The Balaban J connectivity index is 1.76. The lowest BCUT2D eigenvalue weighted by Gasteiger charge is -2.32. The molecule has 2 N–H and O–H groups in total. The molecule has 32 heavy (non-hydrogen) atoms. The highest BCUT2D eigenvalue weighted by atomic mass is 32.2. The lowest BCUT2D eigenvalue weighted by Crippen LogP contribution is -2.39. The molecule has 2 aromatic carbocycles. The number of carbonyl (C=O) groups excluding carboxylic acids is 1. The van der Waals surface area contributed by atoms with E-state index in [1.807, 2.05) is 36.2 Å². The minimum Gasteiger partial charge on any atom is -0.495 e. The van der Waals surface area contributed by atoms with Crippen molar-refractivity contribution in [3.63, 3.8) is 0 Å². The van der Waals surface area contributed by atoms with Gasteiger partial charge in [-0.05, 0) is 49.2 Å². The van der Waals surface area contributed by atoms with E-state index in [9.17, 15) is 13.2 Å². The van der Waals surface area contributed by atoms with E-state index in [0.29, 0.717) is 11.4 Å². The molecule has 1 saturated heterocycles. The molecule has 0 spiro atoms. The molecule has 3 rings (SSSR count). The van der Waals surface area contributed by atoms with E-state index in [4.69, 9.17) is 4.74 Å². The second-order valence-corrected chi connectivity index (χ2v) is 9.90. The Morgan fingerprint density at radius 2 is 1.84 bits per heavy atom. The number of carbonyl (C=O) groups is 1. The maximum absolute atomic E-state index is 13.2. The fourth-order valence-corrected chi connectivity index (χ4v) is 4.22. The summed E-state index contributed by atoms with van der Waals surface area (Å²) in [6.45, 7) is 2.93. The molecule has 9 heteroatoms. The van der Waals surface area contributed by atoms with Crippen LogP contribution in [-0.2, 0) is 21.2 Å². The van der Waals surface area contributed by atoms with Gasteiger partial charge in [0, 0.05) is 13.6 Å². The van der Waals surface area contributed by atoms with Crippen LogP contribution in [0.15, 0.2) is 48.5 Å². The maximum atomic E-state index is 13.2. The van der Waals surface area contributed by atoms with E-state index in [2.05, 4.69) is 27.3 Å². The third kappa shape index (κ3) is 6.69. The van der Waals surface area contributed by atoms with Gasteiger partial charge in [-0.15, -0.1) is 4.83 Å². The van der Waals surface area contributed by atoms with Gasteiger partial charge in [-0.25, -0.2) is 8.42 Å². The molecule has 0 radical (unpaired) electrons. The van der Waals surface area contributed by atoms with E-state index in [1.165, 1.54) is 20.0 Å². The van der Waals surface area contributed by atoms with E-state index in [1.54, 1.807) is 12.1 Å². The van der Waals surface area contributed by atoms with Gasteiger partial charge < -0.3 is 20.0 Å². The second-order valence-electron chi connectivity index (χ2n) is 8.15. The van der Waals surface area contributed by atoms with Gasteiger partial charge in [0.1, 0.15) is 5.75 Å². The van der Waals surface area contributed by atoms with Crippen LogP contribution in [0.25, 0.3) is 0 Å². The zero-order valence-electron chi connectivity index (χ0n) is 18.9. The molecule has 1 amide bonds. The lowest BCUT2D eigenvalue weighted by molar-refractivity contribution is -0.131. The van der Waals surface area contributed by atoms with Crippen LogP contribution in [0.2, 0.25) is 0 Å². The van der Waals surface area contributed by atoms with Crippen molar-refractivity contribution in [3.05, 3.63) is 59.7 Å².